The van der Waals surface area contributed by atoms with E-state index in [0.29, 0.717) is 11.4 Å². The molecule has 4 rings (SSSR count). The van der Waals surface area contributed by atoms with Gasteiger partial charge in [-0.05, 0) is 30.3 Å². The van der Waals surface area contributed by atoms with Gasteiger partial charge in [0.2, 0.25) is 0 Å². The SMILES string of the molecule is O=c1c2ccc([N+](=O)[O-])cc2nc(-c2ccccn2)n1-c1ccc([N+](=O)[O-])cc1. The number of nitro benzene ring substituents is 2. The maximum atomic E-state index is 13.2. The first-order valence-corrected chi connectivity index (χ1v) is 8.33. The second-order valence-corrected chi connectivity index (χ2v) is 6.02. The van der Waals surface area contributed by atoms with E-state index in [2.05, 4.69) is 9.97 Å². The molecule has 2 aromatic heterocycles. The van der Waals surface area contributed by atoms with Gasteiger partial charge in [-0.15, -0.1) is 0 Å². The summed E-state index contributed by atoms with van der Waals surface area (Å²) in [5.41, 5.74) is 0.0998. The van der Waals surface area contributed by atoms with Crippen molar-refractivity contribution < 1.29 is 9.85 Å². The van der Waals surface area contributed by atoms with Crippen LogP contribution in [0, 0.1) is 20.2 Å². The van der Waals surface area contributed by atoms with Gasteiger partial charge in [0.05, 0.1) is 26.4 Å². The van der Waals surface area contributed by atoms with Crippen LogP contribution >= 0.6 is 0 Å². The van der Waals surface area contributed by atoms with Gasteiger partial charge in [-0.2, -0.15) is 0 Å². The molecule has 10 heteroatoms. The van der Waals surface area contributed by atoms with Crippen LogP contribution in [0.1, 0.15) is 0 Å². The van der Waals surface area contributed by atoms with Crippen molar-refractivity contribution in [3.8, 4) is 17.2 Å². The van der Waals surface area contributed by atoms with Gasteiger partial charge in [0.25, 0.3) is 16.9 Å². The Morgan fingerprint density at radius 2 is 1.55 bits per heavy atom. The van der Waals surface area contributed by atoms with Crippen LogP contribution in [0.2, 0.25) is 0 Å². The Balaban J connectivity index is 2.05. The van der Waals surface area contributed by atoms with Crippen molar-refractivity contribution in [3.05, 3.63) is 97.4 Å². The third-order valence-electron chi connectivity index (χ3n) is 4.28. The molecule has 0 atom stereocenters. The van der Waals surface area contributed by atoms with Crippen LogP contribution in [0.5, 0.6) is 0 Å². The van der Waals surface area contributed by atoms with Gasteiger partial charge >= 0.3 is 0 Å². The van der Waals surface area contributed by atoms with Crippen LogP contribution in [-0.4, -0.2) is 24.4 Å². The van der Waals surface area contributed by atoms with Gasteiger partial charge < -0.3 is 0 Å². The lowest BCUT2D eigenvalue weighted by Crippen LogP contribution is -2.22. The number of benzene rings is 2. The highest BCUT2D eigenvalue weighted by Crippen LogP contribution is 2.24. The van der Waals surface area contributed by atoms with Crippen LogP contribution in [0.3, 0.4) is 0 Å². The number of hydrogen-bond donors (Lipinski definition) is 0. The van der Waals surface area contributed by atoms with Crippen LogP contribution < -0.4 is 5.56 Å². The molecule has 142 valence electrons. The molecule has 0 aliphatic heterocycles. The Kier molecular flexibility index (Phi) is 4.28. The van der Waals surface area contributed by atoms with Gasteiger partial charge in [0.1, 0.15) is 5.69 Å². The molecule has 10 nitrogen and oxygen atoms in total. The summed E-state index contributed by atoms with van der Waals surface area (Å²) in [5, 5.41) is 22.2. The van der Waals surface area contributed by atoms with E-state index >= 15 is 0 Å². The molecule has 0 saturated carbocycles. The highest BCUT2D eigenvalue weighted by atomic mass is 16.6. The average molecular weight is 389 g/mol. The van der Waals surface area contributed by atoms with Crippen molar-refractivity contribution >= 4 is 22.3 Å². The quantitative estimate of drug-likeness (QED) is 0.386. The fourth-order valence-electron chi connectivity index (χ4n) is 2.92. The van der Waals surface area contributed by atoms with Crippen LogP contribution in [0.25, 0.3) is 28.1 Å². The van der Waals surface area contributed by atoms with E-state index in [1.807, 2.05) is 0 Å². The molecular weight excluding hydrogens is 378 g/mol. The van der Waals surface area contributed by atoms with E-state index in [0.717, 1.165) is 0 Å². The second kappa shape index (κ2) is 6.93. The average Bonchev–Trinajstić information content (AvgIpc) is 2.74. The van der Waals surface area contributed by atoms with Gasteiger partial charge in [-0.25, -0.2) is 4.98 Å². The predicted octanol–water partition coefficient (Wildman–Crippen LogP) is 3.26. The van der Waals surface area contributed by atoms with Crippen molar-refractivity contribution in [2.75, 3.05) is 0 Å². The summed E-state index contributed by atoms with van der Waals surface area (Å²) in [6.45, 7) is 0. The smallest absolute Gasteiger partial charge is 0.268 e. The Labute approximate surface area is 162 Å². The molecule has 0 bridgehead atoms. The number of nitrogens with zero attached hydrogens (tertiary/aromatic N) is 5. The van der Waals surface area contributed by atoms with E-state index in [4.69, 9.17) is 0 Å². The monoisotopic (exact) mass is 389 g/mol. The molecule has 0 fully saturated rings. The summed E-state index contributed by atoms with van der Waals surface area (Å²) in [7, 11) is 0. The molecule has 0 radical (unpaired) electrons. The Hall–Kier alpha value is -4.47. The molecule has 0 amide bonds. The maximum Gasteiger partial charge on any atom is 0.271 e. The van der Waals surface area contributed by atoms with Crippen LogP contribution in [0.15, 0.2) is 71.7 Å². The highest BCUT2D eigenvalue weighted by molar-refractivity contribution is 5.82. The van der Waals surface area contributed by atoms with E-state index < -0.39 is 15.4 Å². The zero-order valence-electron chi connectivity index (χ0n) is 14.6. The summed E-state index contributed by atoms with van der Waals surface area (Å²) >= 11 is 0. The number of nitro groups is 2. The zero-order chi connectivity index (χ0) is 20.5. The van der Waals surface area contributed by atoms with Crippen molar-refractivity contribution in [1.29, 1.82) is 0 Å². The lowest BCUT2D eigenvalue weighted by molar-refractivity contribution is -0.385. The van der Waals surface area contributed by atoms with Gasteiger partial charge in [0, 0.05) is 30.5 Å². The lowest BCUT2D eigenvalue weighted by atomic mass is 10.2. The molecule has 2 aromatic carbocycles. The van der Waals surface area contributed by atoms with E-state index in [1.54, 1.807) is 18.2 Å². The fourth-order valence-corrected chi connectivity index (χ4v) is 2.92. The predicted molar refractivity (Wildman–Crippen MR) is 104 cm³/mol. The second-order valence-electron chi connectivity index (χ2n) is 6.02. The minimum Gasteiger partial charge on any atom is -0.268 e. The first-order chi connectivity index (χ1) is 14.0. The molecule has 29 heavy (non-hydrogen) atoms. The fraction of sp³-hybridized carbons (Fsp3) is 0. The zero-order valence-corrected chi connectivity index (χ0v) is 14.6. The minimum atomic E-state index is -0.566. The van der Waals surface area contributed by atoms with Gasteiger partial charge in [-0.1, -0.05) is 6.07 Å². The summed E-state index contributed by atoms with van der Waals surface area (Å²) in [5.74, 6) is 0.164. The van der Waals surface area contributed by atoms with Crippen LogP contribution in [0.4, 0.5) is 11.4 Å². The summed E-state index contributed by atoms with van der Waals surface area (Å²) in [6.07, 6.45) is 1.53. The van der Waals surface area contributed by atoms with E-state index in [1.165, 1.54) is 53.2 Å². The third kappa shape index (κ3) is 3.18. The normalized spacial score (nSPS) is 10.8. The Morgan fingerprint density at radius 1 is 0.862 bits per heavy atom. The van der Waals surface area contributed by atoms with Crippen molar-refractivity contribution in [3.63, 3.8) is 0 Å². The van der Waals surface area contributed by atoms with Gasteiger partial charge in [-0.3, -0.25) is 34.6 Å². The summed E-state index contributed by atoms with van der Waals surface area (Å²) in [4.78, 5) is 42.8. The molecule has 4 aromatic rings. The molecule has 0 saturated heterocycles. The maximum absolute atomic E-state index is 13.2. The number of pyridine rings is 1. The topological polar surface area (TPSA) is 134 Å². The first-order valence-electron chi connectivity index (χ1n) is 8.33. The minimum absolute atomic E-state index is 0.120. The number of fused-ring (bicyclic) bond motifs is 1. The van der Waals surface area contributed by atoms with Crippen molar-refractivity contribution in [2.24, 2.45) is 0 Å². The van der Waals surface area contributed by atoms with Crippen molar-refractivity contribution in [2.45, 2.75) is 0 Å². The Bertz CT molecular complexity index is 1320. The molecule has 0 spiro atoms. The molecule has 0 aliphatic rings. The number of rotatable bonds is 4. The molecule has 2 heterocycles. The number of aromatic nitrogens is 3. The molecule has 0 aliphatic carbocycles. The largest absolute Gasteiger partial charge is 0.271 e. The van der Waals surface area contributed by atoms with Crippen LogP contribution in [-0.2, 0) is 0 Å². The van der Waals surface area contributed by atoms with E-state index in [-0.39, 0.29) is 28.1 Å². The molecular formula is C19H11N5O5. The highest BCUT2D eigenvalue weighted by Gasteiger charge is 2.18. The van der Waals surface area contributed by atoms with Crippen molar-refractivity contribution in [1.82, 2.24) is 14.5 Å². The van der Waals surface area contributed by atoms with Gasteiger partial charge in [0.15, 0.2) is 5.82 Å². The Morgan fingerprint density at radius 3 is 2.17 bits per heavy atom. The number of hydrogen-bond acceptors (Lipinski definition) is 7. The lowest BCUT2D eigenvalue weighted by Gasteiger charge is -2.13. The third-order valence-corrected chi connectivity index (χ3v) is 4.28. The standard InChI is InChI=1S/C19H11N5O5/c25-19-15-9-8-14(24(28)29)11-17(15)21-18(16-3-1-2-10-20-16)22(19)12-4-6-13(7-5-12)23(26)27/h1-11H. The summed E-state index contributed by atoms with van der Waals surface area (Å²) < 4.78 is 1.28. The number of non-ortho nitro benzene ring substituents is 2. The molecule has 0 unspecified atom stereocenters. The first kappa shape index (κ1) is 17.9. The summed E-state index contributed by atoms with van der Waals surface area (Å²) in [6, 6.07) is 14.3. The van der Waals surface area contributed by atoms with E-state index in [9.17, 15) is 25.0 Å². The molecule has 0 N–H and O–H groups in total.